The fraction of sp³-hybridized carbons (Fsp3) is 0.300. The average molecular weight is 370 g/mol. The topological polar surface area (TPSA) is 51.7 Å². The molecular formula is C20H22N2O3S. The first-order valence-corrected chi connectivity index (χ1v) is 9.60. The number of methoxy groups -OCH3 is 2. The Kier molecular flexibility index (Phi) is 6.17. The molecule has 1 saturated heterocycles. The second-order valence-electron chi connectivity index (χ2n) is 5.86. The minimum atomic E-state index is -0.0639. The number of anilines is 1. The predicted octanol–water partition coefficient (Wildman–Crippen LogP) is 3.65. The number of benzene rings is 1. The van der Waals surface area contributed by atoms with Gasteiger partial charge in [0.25, 0.3) is 5.91 Å². The summed E-state index contributed by atoms with van der Waals surface area (Å²) in [6, 6.07) is 11.4. The summed E-state index contributed by atoms with van der Waals surface area (Å²) in [6.07, 6.45) is 6.09. The quantitative estimate of drug-likeness (QED) is 0.727. The largest absolute Gasteiger partial charge is 0.493 e. The van der Waals surface area contributed by atoms with Gasteiger partial charge < -0.3 is 9.47 Å². The third-order valence-corrected chi connectivity index (χ3v) is 5.38. The van der Waals surface area contributed by atoms with Crippen LogP contribution in [0.1, 0.15) is 12.0 Å². The van der Waals surface area contributed by atoms with Gasteiger partial charge in [0.1, 0.15) is 5.82 Å². The molecule has 1 fully saturated rings. The van der Waals surface area contributed by atoms with Crippen LogP contribution in [0.15, 0.2) is 48.7 Å². The molecule has 136 valence electrons. The average Bonchev–Trinajstić information content (AvgIpc) is 3.21. The van der Waals surface area contributed by atoms with E-state index >= 15 is 0 Å². The van der Waals surface area contributed by atoms with E-state index in [0.29, 0.717) is 17.3 Å². The lowest BCUT2D eigenvalue weighted by atomic mass is 10.1. The number of hydrogen-bond acceptors (Lipinski definition) is 5. The molecule has 0 spiro atoms. The van der Waals surface area contributed by atoms with Gasteiger partial charge in [-0.25, -0.2) is 4.98 Å². The standard InChI is InChI=1S/C20H22N2O3S/c1-24-17-8-6-15(13-18(17)25-2)7-9-20(23)22(16-10-12-26-14-16)19-5-3-4-11-21-19/h3-9,11,13,16H,10,12,14H2,1-2H3/b9-7+. The van der Waals surface area contributed by atoms with Crippen molar-refractivity contribution in [2.24, 2.45) is 0 Å². The van der Waals surface area contributed by atoms with Crippen LogP contribution >= 0.6 is 11.8 Å². The Hall–Kier alpha value is -2.47. The van der Waals surface area contributed by atoms with Crippen molar-refractivity contribution in [3.05, 3.63) is 54.2 Å². The molecule has 1 aromatic heterocycles. The zero-order valence-corrected chi connectivity index (χ0v) is 15.7. The molecule has 26 heavy (non-hydrogen) atoms. The zero-order valence-electron chi connectivity index (χ0n) is 14.9. The second-order valence-corrected chi connectivity index (χ2v) is 7.01. The fourth-order valence-corrected chi connectivity index (χ4v) is 4.10. The Balaban J connectivity index is 1.82. The van der Waals surface area contributed by atoms with E-state index in [1.807, 2.05) is 48.2 Å². The highest BCUT2D eigenvalue weighted by Gasteiger charge is 2.27. The number of carbonyl (C=O) groups is 1. The first-order chi connectivity index (χ1) is 12.7. The Labute approximate surface area is 158 Å². The number of aromatic nitrogens is 1. The first-order valence-electron chi connectivity index (χ1n) is 8.45. The van der Waals surface area contributed by atoms with E-state index in [0.717, 1.165) is 23.5 Å². The SMILES string of the molecule is COc1ccc(/C=C/C(=O)N(c2ccccn2)C2CCSC2)cc1OC. The Morgan fingerprint density at radius 3 is 2.73 bits per heavy atom. The summed E-state index contributed by atoms with van der Waals surface area (Å²) in [7, 11) is 3.19. The van der Waals surface area contributed by atoms with Crippen LogP contribution in [-0.4, -0.2) is 42.7 Å². The lowest BCUT2D eigenvalue weighted by molar-refractivity contribution is -0.114. The van der Waals surface area contributed by atoms with Gasteiger partial charge in [-0.2, -0.15) is 11.8 Å². The van der Waals surface area contributed by atoms with Gasteiger partial charge in [-0.15, -0.1) is 0 Å². The number of ether oxygens (including phenoxy) is 2. The summed E-state index contributed by atoms with van der Waals surface area (Å²) in [5.74, 6) is 3.94. The summed E-state index contributed by atoms with van der Waals surface area (Å²) in [5.41, 5.74) is 0.873. The van der Waals surface area contributed by atoms with E-state index in [4.69, 9.17) is 9.47 Å². The van der Waals surface area contributed by atoms with E-state index < -0.39 is 0 Å². The summed E-state index contributed by atoms with van der Waals surface area (Å²) < 4.78 is 10.6. The minimum absolute atomic E-state index is 0.0639. The number of carbonyl (C=O) groups excluding carboxylic acids is 1. The van der Waals surface area contributed by atoms with Crippen LogP contribution in [-0.2, 0) is 4.79 Å². The molecule has 1 aliphatic heterocycles. The van der Waals surface area contributed by atoms with Gasteiger partial charge in [-0.05, 0) is 48.1 Å². The third-order valence-electron chi connectivity index (χ3n) is 4.23. The van der Waals surface area contributed by atoms with E-state index in [-0.39, 0.29) is 11.9 Å². The van der Waals surface area contributed by atoms with Crippen LogP contribution in [0, 0.1) is 0 Å². The molecule has 0 bridgehead atoms. The second kappa shape index (κ2) is 8.76. The van der Waals surface area contributed by atoms with Crippen molar-refractivity contribution in [3.8, 4) is 11.5 Å². The molecule has 3 rings (SSSR count). The van der Waals surface area contributed by atoms with Crippen LogP contribution in [0.25, 0.3) is 6.08 Å². The first kappa shape index (κ1) is 18.3. The molecule has 5 nitrogen and oxygen atoms in total. The third kappa shape index (κ3) is 4.19. The number of amides is 1. The zero-order chi connectivity index (χ0) is 18.4. The van der Waals surface area contributed by atoms with Gasteiger partial charge >= 0.3 is 0 Å². The number of hydrogen-bond donors (Lipinski definition) is 0. The van der Waals surface area contributed by atoms with Crippen molar-refractivity contribution in [2.75, 3.05) is 30.6 Å². The van der Waals surface area contributed by atoms with Crippen LogP contribution in [0.3, 0.4) is 0 Å². The summed E-state index contributed by atoms with van der Waals surface area (Å²) in [5, 5.41) is 0. The van der Waals surface area contributed by atoms with Gasteiger partial charge in [-0.1, -0.05) is 12.1 Å². The van der Waals surface area contributed by atoms with E-state index in [2.05, 4.69) is 4.98 Å². The Morgan fingerprint density at radius 2 is 2.08 bits per heavy atom. The summed E-state index contributed by atoms with van der Waals surface area (Å²) >= 11 is 1.87. The molecule has 1 atom stereocenters. The molecule has 0 saturated carbocycles. The maximum Gasteiger partial charge on any atom is 0.252 e. The minimum Gasteiger partial charge on any atom is -0.493 e. The molecule has 6 heteroatoms. The van der Waals surface area contributed by atoms with Crippen LogP contribution in [0.2, 0.25) is 0 Å². The van der Waals surface area contributed by atoms with Crippen LogP contribution in [0.4, 0.5) is 5.82 Å². The van der Waals surface area contributed by atoms with E-state index in [9.17, 15) is 4.79 Å². The molecule has 1 aromatic carbocycles. The maximum absolute atomic E-state index is 12.9. The van der Waals surface area contributed by atoms with Crippen LogP contribution in [0.5, 0.6) is 11.5 Å². The lowest BCUT2D eigenvalue weighted by Crippen LogP contribution is -2.40. The van der Waals surface area contributed by atoms with Crippen molar-refractivity contribution in [1.29, 1.82) is 0 Å². The smallest absolute Gasteiger partial charge is 0.252 e. The van der Waals surface area contributed by atoms with Crippen molar-refractivity contribution < 1.29 is 14.3 Å². The lowest BCUT2D eigenvalue weighted by Gasteiger charge is -2.26. The molecule has 2 heterocycles. The molecule has 1 aliphatic rings. The van der Waals surface area contributed by atoms with Crippen molar-refractivity contribution >= 4 is 29.6 Å². The highest BCUT2D eigenvalue weighted by Crippen LogP contribution is 2.29. The highest BCUT2D eigenvalue weighted by molar-refractivity contribution is 7.99. The number of thioether (sulfide) groups is 1. The molecule has 1 unspecified atom stereocenters. The molecule has 1 amide bonds. The normalized spacial score (nSPS) is 16.6. The highest BCUT2D eigenvalue weighted by atomic mass is 32.2. The molecule has 0 radical (unpaired) electrons. The van der Waals surface area contributed by atoms with Crippen molar-refractivity contribution in [3.63, 3.8) is 0 Å². The fourth-order valence-electron chi connectivity index (χ4n) is 2.91. The van der Waals surface area contributed by atoms with E-state index in [1.54, 1.807) is 37.5 Å². The predicted molar refractivity (Wildman–Crippen MR) is 106 cm³/mol. The van der Waals surface area contributed by atoms with Gasteiger partial charge in [0.15, 0.2) is 11.5 Å². The van der Waals surface area contributed by atoms with Gasteiger partial charge in [0, 0.05) is 24.1 Å². The number of nitrogens with zero attached hydrogens (tertiary/aromatic N) is 2. The van der Waals surface area contributed by atoms with Crippen LogP contribution < -0.4 is 14.4 Å². The van der Waals surface area contributed by atoms with Gasteiger partial charge in [-0.3, -0.25) is 9.69 Å². The molecule has 0 N–H and O–H groups in total. The number of rotatable bonds is 6. The van der Waals surface area contributed by atoms with Gasteiger partial charge in [0.2, 0.25) is 0 Å². The molecule has 0 aliphatic carbocycles. The maximum atomic E-state index is 12.9. The van der Waals surface area contributed by atoms with Crippen molar-refractivity contribution in [2.45, 2.75) is 12.5 Å². The Morgan fingerprint density at radius 1 is 1.23 bits per heavy atom. The molecule has 2 aromatic rings. The van der Waals surface area contributed by atoms with Gasteiger partial charge in [0.05, 0.1) is 14.2 Å². The monoisotopic (exact) mass is 370 g/mol. The van der Waals surface area contributed by atoms with E-state index in [1.165, 1.54) is 0 Å². The summed E-state index contributed by atoms with van der Waals surface area (Å²) in [4.78, 5) is 19.1. The molecular weight excluding hydrogens is 348 g/mol. The summed E-state index contributed by atoms with van der Waals surface area (Å²) in [6.45, 7) is 0. The Bertz CT molecular complexity index is 774. The number of pyridine rings is 1. The van der Waals surface area contributed by atoms with Crippen molar-refractivity contribution in [1.82, 2.24) is 4.98 Å².